The molecule has 0 spiro atoms. The van der Waals surface area contributed by atoms with Crippen molar-refractivity contribution in [2.75, 3.05) is 13.2 Å². The van der Waals surface area contributed by atoms with Gasteiger partial charge in [0.25, 0.3) is 12.3 Å². The first kappa shape index (κ1) is 31.4. The molecule has 4 rings (SSSR count). The second-order valence-electron chi connectivity index (χ2n) is 9.79. The van der Waals surface area contributed by atoms with Crippen molar-refractivity contribution >= 4 is 40.9 Å². The first-order chi connectivity index (χ1) is 20.0. The number of alkyl halides is 2. The number of ether oxygens (including phenoxy) is 1. The quantitative estimate of drug-likeness (QED) is 0.142. The van der Waals surface area contributed by atoms with Crippen molar-refractivity contribution in [1.29, 1.82) is 0 Å². The van der Waals surface area contributed by atoms with E-state index in [0.717, 1.165) is 27.9 Å². The van der Waals surface area contributed by atoms with E-state index in [1.54, 1.807) is 6.92 Å². The maximum atomic E-state index is 14.5. The van der Waals surface area contributed by atoms with Crippen molar-refractivity contribution in [3.63, 3.8) is 0 Å². The smallest absolute Gasteiger partial charge is 0.308 e. The number of amides is 1. The second-order valence-corrected chi connectivity index (χ2v) is 10.6. The Labute approximate surface area is 248 Å². The lowest BCUT2D eigenvalue weighted by Gasteiger charge is -2.28. The normalized spacial score (nSPS) is 16.9. The Morgan fingerprint density at radius 2 is 1.64 bits per heavy atom. The zero-order valence-electron chi connectivity index (χ0n) is 22.3. The summed E-state index contributed by atoms with van der Waals surface area (Å²) in [5, 5.41) is 3.89. The third kappa shape index (κ3) is 7.09. The van der Waals surface area contributed by atoms with Gasteiger partial charge in [-0.1, -0.05) is 23.2 Å². The largest absolute Gasteiger partial charge is 0.466 e. The maximum Gasteiger partial charge on any atom is 0.308 e. The van der Waals surface area contributed by atoms with E-state index in [9.17, 15) is 31.9 Å². The Balaban J connectivity index is 1.65. The molecule has 0 aliphatic heterocycles. The fourth-order valence-electron chi connectivity index (χ4n) is 5.08. The Morgan fingerprint density at radius 3 is 2.21 bits per heavy atom. The first-order valence-electron chi connectivity index (χ1n) is 13.1. The van der Waals surface area contributed by atoms with Gasteiger partial charge in [0.1, 0.15) is 17.3 Å². The van der Waals surface area contributed by atoms with Crippen molar-refractivity contribution in [2.24, 2.45) is 5.92 Å². The Hall–Kier alpha value is -3.51. The van der Waals surface area contributed by atoms with Crippen molar-refractivity contribution in [3.05, 3.63) is 80.9 Å². The van der Waals surface area contributed by atoms with Crippen LogP contribution in [0.1, 0.15) is 77.0 Å². The number of rotatable bonds is 10. The molecule has 1 aliphatic rings. The summed E-state index contributed by atoms with van der Waals surface area (Å²) >= 11 is 12.2. The van der Waals surface area contributed by atoms with Crippen LogP contribution in [0.2, 0.25) is 10.0 Å². The molecule has 8 nitrogen and oxygen atoms in total. The number of halogens is 6. The molecule has 42 heavy (non-hydrogen) atoms. The minimum atomic E-state index is -3.12. The fraction of sp³-hybridized carbons (Fsp3) is 0.393. The van der Waals surface area contributed by atoms with Crippen molar-refractivity contribution in [3.8, 4) is 0 Å². The third-order valence-corrected chi connectivity index (χ3v) is 7.56. The van der Waals surface area contributed by atoms with Crippen LogP contribution in [0.5, 0.6) is 0 Å². The van der Waals surface area contributed by atoms with Crippen LogP contribution in [0.3, 0.4) is 0 Å². The molecule has 3 aromatic rings. The van der Waals surface area contributed by atoms with E-state index < -0.39 is 60.1 Å². The molecule has 1 fully saturated rings. The molecule has 0 atom stereocenters. The van der Waals surface area contributed by atoms with E-state index in [1.165, 1.54) is 12.4 Å². The molecule has 224 valence electrons. The zero-order chi connectivity index (χ0) is 30.6. The van der Waals surface area contributed by atoms with Gasteiger partial charge in [0.2, 0.25) is 0 Å². The van der Waals surface area contributed by atoms with Gasteiger partial charge >= 0.3 is 5.97 Å². The number of carbonyl (C=O) groups excluding carboxylic acids is 3. The predicted octanol–water partition coefficient (Wildman–Crippen LogP) is 6.62. The number of ketones is 1. The third-order valence-electron chi connectivity index (χ3n) is 6.98. The summed E-state index contributed by atoms with van der Waals surface area (Å²) in [6, 6.07) is 2.04. The molecule has 0 N–H and O–H groups in total. The van der Waals surface area contributed by atoms with Gasteiger partial charge in [0, 0.05) is 25.0 Å². The van der Waals surface area contributed by atoms with Crippen LogP contribution in [0.15, 0.2) is 36.8 Å². The van der Waals surface area contributed by atoms with Crippen LogP contribution in [0.4, 0.5) is 17.6 Å². The number of nitrogens with zero attached hydrogens (tertiary/aromatic N) is 4. The lowest BCUT2D eigenvalue weighted by molar-refractivity contribution is -0.149. The number of aromatic nitrogens is 3. The fourth-order valence-corrected chi connectivity index (χ4v) is 5.66. The highest BCUT2D eigenvalue weighted by Gasteiger charge is 2.35. The number of pyridine rings is 1. The molecule has 1 aromatic carbocycles. The number of Topliss-reactive ketones (excluding diaryl/α,β-unsaturated/α-hetero) is 1. The van der Waals surface area contributed by atoms with Gasteiger partial charge in [-0.25, -0.2) is 17.6 Å². The van der Waals surface area contributed by atoms with Crippen molar-refractivity contribution in [2.45, 2.75) is 51.6 Å². The average molecular weight is 629 g/mol. The molecule has 0 saturated heterocycles. The summed E-state index contributed by atoms with van der Waals surface area (Å²) in [5.74, 6) is -4.32. The highest BCUT2D eigenvalue weighted by molar-refractivity contribution is 6.39. The van der Waals surface area contributed by atoms with Crippen LogP contribution < -0.4 is 0 Å². The van der Waals surface area contributed by atoms with Crippen LogP contribution in [0.25, 0.3) is 0 Å². The standard InChI is InChI=1S/C28H26Cl2F4N4O4/c1-2-42-28(41)16-3-5-19(6-4-16)38-25(26(33)34)20(10-36-38)27(40)37(13-15-7-17(31)9-18(32)8-15)14-23(39)24-21(29)11-35-12-22(24)30/h7-12,16,19,26H,2-6,13-14H2,1H3/t16-,19-. The zero-order valence-corrected chi connectivity index (χ0v) is 23.8. The Kier molecular flexibility index (Phi) is 10.2. The van der Waals surface area contributed by atoms with E-state index in [1.807, 2.05) is 0 Å². The maximum absolute atomic E-state index is 14.5. The van der Waals surface area contributed by atoms with Crippen molar-refractivity contribution in [1.82, 2.24) is 19.7 Å². The number of hydrogen-bond donors (Lipinski definition) is 0. The molecule has 14 heteroatoms. The number of hydrogen-bond acceptors (Lipinski definition) is 6. The average Bonchev–Trinajstić information content (AvgIpc) is 3.37. The first-order valence-corrected chi connectivity index (χ1v) is 13.8. The molecule has 0 bridgehead atoms. The van der Waals surface area contributed by atoms with Gasteiger partial charge in [-0.05, 0) is 50.3 Å². The molecule has 2 aromatic heterocycles. The number of benzene rings is 1. The number of carbonyl (C=O) groups is 3. The highest BCUT2D eigenvalue weighted by Crippen LogP contribution is 2.36. The van der Waals surface area contributed by atoms with Crippen LogP contribution >= 0.6 is 23.2 Å². The number of esters is 1. The second kappa shape index (κ2) is 13.6. The van der Waals surface area contributed by atoms with Gasteiger partial charge in [0.15, 0.2) is 5.78 Å². The van der Waals surface area contributed by atoms with Crippen LogP contribution in [0, 0.1) is 17.6 Å². The minimum Gasteiger partial charge on any atom is -0.466 e. The molecule has 2 heterocycles. The summed E-state index contributed by atoms with van der Waals surface area (Å²) in [6.45, 7) is 0.722. The topological polar surface area (TPSA) is 94.4 Å². The predicted molar refractivity (Wildman–Crippen MR) is 144 cm³/mol. The van der Waals surface area contributed by atoms with Crippen LogP contribution in [-0.2, 0) is 16.1 Å². The van der Waals surface area contributed by atoms with E-state index in [2.05, 4.69) is 10.1 Å². The minimum absolute atomic E-state index is 0.0242. The van der Waals surface area contributed by atoms with Crippen LogP contribution in [-0.4, -0.2) is 50.5 Å². The lowest BCUT2D eigenvalue weighted by atomic mass is 9.86. The Bertz CT molecular complexity index is 1440. The highest BCUT2D eigenvalue weighted by atomic mass is 35.5. The van der Waals surface area contributed by atoms with Gasteiger partial charge in [0.05, 0.1) is 52.5 Å². The molecular weight excluding hydrogens is 603 g/mol. The summed E-state index contributed by atoms with van der Waals surface area (Å²) in [5.41, 5.74) is -1.32. The lowest BCUT2D eigenvalue weighted by Crippen LogP contribution is -2.36. The van der Waals surface area contributed by atoms with Crippen molar-refractivity contribution < 1.29 is 36.7 Å². The van der Waals surface area contributed by atoms with E-state index in [0.29, 0.717) is 31.7 Å². The van der Waals surface area contributed by atoms with Gasteiger partial charge in [-0.2, -0.15) is 5.10 Å². The molecule has 1 aliphatic carbocycles. The van der Waals surface area contributed by atoms with Gasteiger partial charge in [-0.3, -0.25) is 24.0 Å². The summed E-state index contributed by atoms with van der Waals surface area (Å²) in [7, 11) is 0. The van der Waals surface area contributed by atoms with Gasteiger partial charge < -0.3 is 9.64 Å². The molecule has 1 saturated carbocycles. The molecule has 1 amide bonds. The summed E-state index contributed by atoms with van der Waals surface area (Å²) in [4.78, 5) is 43.7. The van der Waals surface area contributed by atoms with E-state index in [-0.39, 0.29) is 39.7 Å². The molecule has 0 unspecified atom stereocenters. The Morgan fingerprint density at radius 1 is 1.02 bits per heavy atom. The van der Waals surface area contributed by atoms with E-state index in [4.69, 9.17) is 27.9 Å². The summed E-state index contributed by atoms with van der Waals surface area (Å²) < 4.78 is 62.9. The van der Waals surface area contributed by atoms with E-state index >= 15 is 0 Å². The SMILES string of the molecule is CCOC(=O)[C@H]1CC[C@H](n2ncc(C(=O)N(CC(=O)c3c(Cl)cncc3Cl)Cc3cc(F)cc(F)c3)c2C(F)F)CC1. The summed E-state index contributed by atoms with van der Waals surface area (Å²) in [6.07, 6.45) is 1.70. The molecule has 0 radical (unpaired) electrons. The monoisotopic (exact) mass is 628 g/mol. The molecular formula is C28H26Cl2F4N4O4. The van der Waals surface area contributed by atoms with Gasteiger partial charge in [-0.15, -0.1) is 0 Å².